The maximum Gasteiger partial charge on any atom is 0.416 e. The summed E-state index contributed by atoms with van der Waals surface area (Å²) in [4.78, 5) is 1.30. The van der Waals surface area contributed by atoms with E-state index in [2.05, 4.69) is 0 Å². The normalized spacial score (nSPS) is 20.2. The fourth-order valence-corrected chi connectivity index (χ4v) is 4.72. The van der Waals surface area contributed by atoms with Gasteiger partial charge in [-0.15, -0.1) is 0 Å². The molecule has 0 heterocycles. The predicted octanol–water partition coefficient (Wildman–Crippen LogP) is 7.04. The van der Waals surface area contributed by atoms with Crippen molar-refractivity contribution in [3.05, 3.63) is 64.2 Å². The third-order valence-corrected chi connectivity index (χ3v) is 6.67. The van der Waals surface area contributed by atoms with E-state index in [1.165, 1.54) is 23.1 Å². The van der Waals surface area contributed by atoms with Gasteiger partial charge in [0.05, 0.1) is 5.56 Å². The second-order valence-electron chi connectivity index (χ2n) is 8.81. The van der Waals surface area contributed by atoms with E-state index in [1.54, 1.807) is 12.1 Å². The first-order valence-corrected chi connectivity index (χ1v) is 11.8. The summed E-state index contributed by atoms with van der Waals surface area (Å²) in [7, 11) is 0. The summed E-state index contributed by atoms with van der Waals surface area (Å²) < 4.78 is 86.1. The van der Waals surface area contributed by atoms with Gasteiger partial charge in [0.1, 0.15) is 11.9 Å². The number of halogens is 7. The SMILES string of the molecule is CCc1cc(OC2CCCC(N(Cc3ccccc3C(F)(F)F)CC(O)C(F)(F)F)C2)ccc1Cl. The highest BCUT2D eigenvalue weighted by Crippen LogP contribution is 2.35. The highest BCUT2D eigenvalue weighted by atomic mass is 35.5. The highest BCUT2D eigenvalue weighted by molar-refractivity contribution is 6.31. The van der Waals surface area contributed by atoms with E-state index in [1.807, 2.05) is 13.0 Å². The lowest BCUT2D eigenvalue weighted by Crippen LogP contribution is -2.48. The first-order valence-electron chi connectivity index (χ1n) is 11.5. The Labute approximate surface area is 205 Å². The van der Waals surface area contributed by atoms with Crippen molar-refractivity contribution < 1.29 is 36.2 Å². The molecular formula is C25H28ClF6NO2. The molecule has 0 aromatic heterocycles. The smallest absolute Gasteiger partial charge is 0.416 e. The lowest BCUT2D eigenvalue weighted by Gasteiger charge is -2.39. The van der Waals surface area contributed by atoms with Gasteiger partial charge in [-0.25, -0.2) is 0 Å². The zero-order valence-electron chi connectivity index (χ0n) is 19.2. The Morgan fingerprint density at radius 1 is 1.06 bits per heavy atom. The van der Waals surface area contributed by atoms with Crippen LogP contribution in [0, 0.1) is 0 Å². The molecule has 3 unspecified atom stereocenters. The predicted molar refractivity (Wildman–Crippen MR) is 121 cm³/mol. The average molecular weight is 524 g/mol. The van der Waals surface area contributed by atoms with Crippen LogP contribution in [0.1, 0.15) is 49.3 Å². The summed E-state index contributed by atoms with van der Waals surface area (Å²) in [5, 5.41) is 10.4. The second-order valence-corrected chi connectivity index (χ2v) is 9.22. The minimum atomic E-state index is -4.88. The minimum Gasteiger partial charge on any atom is -0.490 e. The number of aliphatic hydroxyl groups excluding tert-OH is 1. The maximum atomic E-state index is 13.5. The van der Waals surface area contributed by atoms with E-state index in [-0.39, 0.29) is 18.2 Å². The zero-order chi connectivity index (χ0) is 25.8. The van der Waals surface area contributed by atoms with Crippen molar-refractivity contribution >= 4 is 11.6 Å². The Balaban J connectivity index is 1.82. The first kappa shape index (κ1) is 27.6. The Morgan fingerprint density at radius 2 is 1.77 bits per heavy atom. The topological polar surface area (TPSA) is 32.7 Å². The molecule has 10 heteroatoms. The van der Waals surface area contributed by atoms with Gasteiger partial charge < -0.3 is 9.84 Å². The number of alkyl halides is 6. The van der Waals surface area contributed by atoms with Gasteiger partial charge >= 0.3 is 12.4 Å². The van der Waals surface area contributed by atoms with Gasteiger partial charge in [-0.1, -0.05) is 36.7 Å². The largest absolute Gasteiger partial charge is 0.490 e. The molecule has 1 fully saturated rings. The molecule has 1 saturated carbocycles. The van der Waals surface area contributed by atoms with Crippen LogP contribution in [0.3, 0.4) is 0 Å². The third-order valence-electron chi connectivity index (χ3n) is 6.30. The number of aryl methyl sites for hydroxylation is 1. The second kappa shape index (κ2) is 11.4. The summed E-state index contributed by atoms with van der Waals surface area (Å²) in [6, 6.07) is 9.58. The number of aliphatic hydroxyl groups is 1. The van der Waals surface area contributed by atoms with Crippen molar-refractivity contribution in [2.75, 3.05) is 6.54 Å². The van der Waals surface area contributed by atoms with E-state index >= 15 is 0 Å². The van der Waals surface area contributed by atoms with Crippen molar-refractivity contribution in [3.8, 4) is 5.75 Å². The Hall–Kier alpha value is -1.97. The molecule has 3 atom stereocenters. The van der Waals surface area contributed by atoms with Crippen LogP contribution < -0.4 is 4.74 Å². The standard InChI is InChI=1S/C25H28ClF6NO2/c1-2-16-12-20(10-11-22(16)26)35-19-8-5-7-18(13-19)33(15-23(34)25(30,31)32)14-17-6-3-4-9-21(17)24(27,28)29/h3-4,6,9-12,18-19,23,34H,2,5,7-8,13-15H2,1H3. The molecule has 3 rings (SSSR count). The average Bonchev–Trinajstić information content (AvgIpc) is 2.79. The zero-order valence-corrected chi connectivity index (χ0v) is 19.9. The molecule has 0 spiro atoms. The van der Waals surface area contributed by atoms with Crippen LogP contribution >= 0.6 is 11.6 Å². The van der Waals surface area contributed by atoms with E-state index < -0.39 is 36.6 Å². The fourth-order valence-electron chi connectivity index (χ4n) is 4.47. The molecule has 0 saturated heterocycles. The van der Waals surface area contributed by atoms with Crippen molar-refractivity contribution in [2.24, 2.45) is 0 Å². The van der Waals surface area contributed by atoms with E-state index in [9.17, 15) is 31.4 Å². The summed E-state index contributed by atoms with van der Waals surface area (Å²) in [5.41, 5.74) is -0.138. The Bertz CT molecular complexity index is 981. The van der Waals surface area contributed by atoms with Crippen molar-refractivity contribution in [3.63, 3.8) is 0 Å². The maximum absolute atomic E-state index is 13.5. The first-order chi connectivity index (χ1) is 16.4. The van der Waals surface area contributed by atoms with Crippen LogP contribution in [0.2, 0.25) is 5.02 Å². The Morgan fingerprint density at radius 3 is 2.43 bits per heavy atom. The van der Waals surface area contributed by atoms with Crippen molar-refractivity contribution in [2.45, 2.75) is 76.2 Å². The quantitative estimate of drug-likeness (QED) is 0.377. The minimum absolute atomic E-state index is 0.136. The molecule has 3 nitrogen and oxygen atoms in total. The monoisotopic (exact) mass is 523 g/mol. The molecule has 0 radical (unpaired) electrons. The summed E-state index contributed by atoms with van der Waals surface area (Å²) in [6.45, 7) is 0.749. The number of ether oxygens (including phenoxy) is 1. The fraction of sp³-hybridized carbons (Fsp3) is 0.520. The van der Waals surface area contributed by atoms with Gasteiger partial charge in [-0.05, 0) is 67.5 Å². The Kier molecular flexibility index (Phi) is 8.99. The number of nitrogens with zero attached hydrogens (tertiary/aromatic N) is 1. The molecular weight excluding hydrogens is 496 g/mol. The lowest BCUT2D eigenvalue weighted by atomic mass is 9.90. The van der Waals surface area contributed by atoms with Crippen LogP contribution in [0.4, 0.5) is 26.3 Å². The molecule has 1 N–H and O–H groups in total. The van der Waals surface area contributed by atoms with E-state index in [0.717, 1.165) is 11.6 Å². The number of hydrogen-bond donors (Lipinski definition) is 1. The van der Waals surface area contributed by atoms with Crippen LogP contribution in [0.25, 0.3) is 0 Å². The van der Waals surface area contributed by atoms with E-state index in [4.69, 9.17) is 16.3 Å². The van der Waals surface area contributed by atoms with Gasteiger partial charge in [0.15, 0.2) is 6.10 Å². The molecule has 0 bridgehead atoms. The molecule has 1 aliphatic carbocycles. The molecule has 35 heavy (non-hydrogen) atoms. The number of hydrogen-bond acceptors (Lipinski definition) is 3. The van der Waals surface area contributed by atoms with Crippen molar-refractivity contribution in [1.82, 2.24) is 4.90 Å². The number of rotatable bonds is 8. The van der Waals surface area contributed by atoms with Crippen LogP contribution in [-0.4, -0.2) is 41.0 Å². The molecule has 2 aromatic rings. The van der Waals surface area contributed by atoms with E-state index in [0.29, 0.717) is 42.9 Å². The molecule has 2 aromatic carbocycles. The molecule has 1 aliphatic rings. The molecule has 0 aliphatic heterocycles. The van der Waals surface area contributed by atoms with Crippen molar-refractivity contribution in [1.29, 1.82) is 0 Å². The lowest BCUT2D eigenvalue weighted by molar-refractivity contribution is -0.210. The summed E-state index contributed by atoms with van der Waals surface area (Å²) in [5.74, 6) is 0.584. The number of benzene rings is 2. The van der Waals surface area contributed by atoms with Gasteiger partial charge in [-0.3, -0.25) is 4.90 Å². The summed E-state index contributed by atoms with van der Waals surface area (Å²) >= 11 is 6.15. The third kappa shape index (κ3) is 7.51. The van der Waals surface area contributed by atoms with Crippen LogP contribution in [-0.2, 0) is 19.1 Å². The summed E-state index contributed by atoms with van der Waals surface area (Å²) in [6.07, 6.45) is -9.74. The molecule has 0 amide bonds. The van der Waals surface area contributed by atoms with Gasteiger partial charge in [0.25, 0.3) is 0 Å². The van der Waals surface area contributed by atoms with Gasteiger partial charge in [0, 0.05) is 24.2 Å². The van der Waals surface area contributed by atoms with Gasteiger partial charge in [-0.2, -0.15) is 26.3 Å². The van der Waals surface area contributed by atoms with Crippen LogP contribution in [0.5, 0.6) is 5.75 Å². The molecule has 194 valence electrons. The van der Waals surface area contributed by atoms with Gasteiger partial charge in [0.2, 0.25) is 0 Å². The van der Waals surface area contributed by atoms with Crippen LogP contribution in [0.15, 0.2) is 42.5 Å². The highest BCUT2D eigenvalue weighted by Gasteiger charge is 2.41.